The molecule has 0 unspecified atom stereocenters. The van der Waals surface area contributed by atoms with Crippen LogP contribution in [0.4, 0.5) is 10.1 Å². The minimum absolute atomic E-state index is 0.0291. The zero-order valence-electron chi connectivity index (χ0n) is 18.3. The Morgan fingerprint density at radius 1 is 1.38 bits per heavy atom. The van der Waals surface area contributed by atoms with Crippen LogP contribution in [-0.4, -0.2) is 28.2 Å². The number of halogens is 1. The van der Waals surface area contributed by atoms with Gasteiger partial charge in [-0.15, -0.1) is 11.3 Å². The lowest BCUT2D eigenvalue weighted by Gasteiger charge is -2.21. The van der Waals surface area contributed by atoms with E-state index in [1.165, 1.54) is 40.5 Å². The molecule has 0 saturated carbocycles. The zero-order valence-corrected chi connectivity index (χ0v) is 19.9. The lowest BCUT2D eigenvalue weighted by molar-refractivity contribution is -0.116. The number of amides is 1. The molecule has 0 aliphatic carbocycles. The van der Waals surface area contributed by atoms with Crippen LogP contribution in [-0.2, 0) is 11.2 Å². The Hall–Kier alpha value is -2.70. The SMILES string of the molecule is CC[C@H](C)Cc1c(C)sc2nc(SCC(=O)N(CCC#N)c3ccc(F)cc3)[nH]c(=O)c12. The number of thiophene rings is 1. The molecule has 0 fully saturated rings. The summed E-state index contributed by atoms with van der Waals surface area (Å²) in [4.78, 5) is 36.3. The van der Waals surface area contributed by atoms with Crippen molar-refractivity contribution in [3.05, 3.63) is 50.9 Å². The van der Waals surface area contributed by atoms with Crippen molar-refractivity contribution in [1.29, 1.82) is 5.26 Å². The molecule has 6 nitrogen and oxygen atoms in total. The standard InChI is InChI=1S/C23H25FN4O2S2/c1-4-14(2)12-18-15(3)32-22-20(18)21(30)26-23(27-22)31-13-19(29)28(11-5-10-25)17-8-6-16(24)7-9-17/h6-9,14H,4-5,11-13H2,1-3H3,(H,26,27,30)/t14-/m0/s1. The second-order valence-electron chi connectivity index (χ2n) is 7.62. The first kappa shape index (κ1) is 24.0. The first-order valence-electron chi connectivity index (χ1n) is 10.4. The maximum absolute atomic E-state index is 13.3. The molecule has 0 aliphatic heterocycles. The maximum Gasteiger partial charge on any atom is 0.260 e. The number of thioether (sulfide) groups is 1. The van der Waals surface area contributed by atoms with E-state index in [1.807, 2.05) is 13.0 Å². The molecule has 0 spiro atoms. The molecule has 0 saturated heterocycles. The number of aryl methyl sites for hydroxylation is 1. The number of nitrogens with zero attached hydrogens (tertiary/aromatic N) is 3. The third-order valence-corrected chi connectivity index (χ3v) is 7.21. The van der Waals surface area contributed by atoms with E-state index < -0.39 is 5.82 Å². The predicted octanol–water partition coefficient (Wildman–Crippen LogP) is 5.06. The number of rotatable bonds is 9. The fourth-order valence-corrected chi connectivity index (χ4v) is 5.20. The van der Waals surface area contributed by atoms with Crippen LogP contribution in [0, 0.1) is 30.0 Å². The number of benzene rings is 1. The fraction of sp³-hybridized carbons (Fsp3) is 0.391. The highest BCUT2D eigenvalue weighted by Gasteiger charge is 2.19. The van der Waals surface area contributed by atoms with Crippen LogP contribution >= 0.6 is 23.1 Å². The van der Waals surface area contributed by atoms with Crippen LogP contribution in [0.1, 0.15) is 37.1 Å². The van der Waals surface area contributed by atoms with Crippen LogP contribution in [0.5, 0.6) is 0 Å². The van der Waals surface area contributed by atoms with Gasteiger partial charge in [0.05, 0.1) is 23.6 Å². The van der Waals surface area contributed by atoms with E-state index in [4.69, 9.17) is 5.26 Å². The second kappa shape index (κ2) is 10.7. The number of aromatic amines is 1. The number of fused-ring (bicyclic) bond motifs is 1. The number of anilines is 1. The average molecular weight is 473 g/mol. The highest BCUT2D eigenvalue weighted by Crippen LogP contribution is 2.30. The van der Waals surface area contributed by atoms with Crippen molar-refractivity contribution in [2.75, 3.05) is 17.2 Å². The first-order valence-corrected chi connectivity index (χ1v) is 12.2. The number of nitrogens with one attached hydrogen (secondary N) is 1. The van der Waals surface area contributed by atoms with Crippen LogP contribution in [0.15, 0.2) is 34.2 Å². The number of aromatic nitrogens is 2. The Labute approximate surface area is 194 Å². The largest absolute Gasteiger partial charge is 0.311 e. The summed E-state index contributed by atoms with van der Waals surface area (Å²) in [6.45, 7) is 6.51. The van der Waals surface area contributed by atoms with Gasteiger partial charge in [0.1, 0.15) is 10.6 Å². The molecule has 0 bridgehead atoms. The molecule has 32 heavy (non-hydrogen) atoms. The molecule has 3 aromatic rings. The molecule has 168 valence electrons. The molecule has 1 atom stereocenters. The third kappa shape index (κ3) is 5.56. The van der Waals surface area contributed by atoms with Gasteiger partial charge in [0, 0.05) is 17.1 Å². The smallest absolute Gasteiger partial charge is 0.260 e. The monoisotopic (exact) mass is 472 g/mol. The lowest BCUT2D eigenvalue weighted by Crippen LogP contribution is -2.33. The number of carbonyl (C=O) groups is 1. The Kier molecular flexibility index (Phi) is 8.04. The van der Waals surface area contributed by atoms with E-state index in [2.05, 4.69) is 23.8 Å². The molecule has 1 amide bonds. The summed E-state index contributed by atoms with van der Waals surface area (Å²) in [6.07, 6.45) is 2.03. The first-order chi connectivity index (χ1) is 15.3. The topological polar surface area (TPSA) is 89.8 Å². The van der Waals surface area contributed by atoms with Gasteiger partial charge in [-0.2, -0.15) is 5.26 Å². The number of nitriles is 1. The molecule has 0 aliphatic rings. The average Bonchev–Trinajstić information content (AvgIpc) is 3.08. The number of H-pyrrole nitrogens is 1. The van der Waals surface area contributed by atoms with E-state index in [-0.39, 0.29) is 30.2 Å². The van der Waals surface area contributed by atoms with Crippen LogP contribution in [0.3, 0.4) is 0 Å². The Morgan fingerprint density at radius 2 is 2.09 bits per heavy atom. The number of hydrogen-bond donors (Lipinski definition) is 1. The minimum atomic E-state index is -0.398. The predicted molar refractivity (Wildman–Crippen MR) is 128 cm³/mol. The minimum Gasteiger partial charge on any atom is -0.311 e. The van der Waals surface area contributed by atoms with Gasteiger partial charge in [-0.05, 0) is 49.1 Å². The van der Waals surface area contributed by atoms with Crippen molar-refractivity contribution in [3.63, 3.8) is 0 Å². The van der Waals surface area contributed by atoms with E-state index in [1.54, 1.807) is 0 Å². The van der Waals surface area contributed by atoms with Gasteiger partial charge in [-0.25, -0.2) is 9.37 Å². The van der Waals surface area contributed by atoms with Crippen molar-refractivity contribution >= 4 is 44.9 Å². The normalized spacial score (nSPS) is 12.0. The summed E-state index contributed by atoms with van der Waals surface area (Å²) in [5.41, 5.74) is 1.39. The van der Waals surface area contributed by atoms with Crippen molar-refractivity contribution in [2.45, 2.75) is 45.2 Å². The van der Waals surface area contributed by atoms with E-state index in [9.17, 15) is 14.0 Å². The zero-order chi connectivity index (χ0) is 23.3. The van der Waals surface area contributed by atoms with E-state index in [0.717, 1.165) is 35.0 Å². The molecule has 1 aromatic carbocycles. The molecule has 1 N–H and O–H groups in total. The lowest BCUT2D eigenvalue weighted by atomic mass is 9.98. The molecular formula is C23H25FN4O2S2. The Bertz CT molecular complexity index is 1200. The summed E-state index contributed by atoms with van der Waals surface area (Å²) in [5.74, 6) is -0.144. The molecule has 3 rings (SSSR count). The van der Waals surface area contributed by atoms with Crippen molar-refractivity contribution < 1.29 is 9.18 Å². The molecule has 9 heteroatoms. The van der Waals surface area contributed by atoms with E-state index in [0.29, 0.717) is 27.0 Å². The quantitative estimate of drug-likeness (QED) is 0.347. The summed E-state index contributed by atoms with van der Waals surface area (Å²) in [6, 6.07) is 7.60. The van der Waals surface area contributed by atoms with Crippen molar-refractivity contribution in [1.82, 2.24) is 9.97 Å². The third-order valence-electron chi connectivity index (χ3n) is 5.31. The van der Waals surface area contributed by atoms with Gasteiger partial charge in [-0.3, -0.25) is 9.59 Å². The van der Waals surface area contributed by atoms with Gasteiger partial charge in [0.15, 0.2) is 5.16 Å². The van der Waals surface area contributed by atoms with Gasteiger partial charge >= 0.3 is 0 Å². The van der Waals surface area contributed by atoms with Crippen molar-refractivity contribution in [2.24, 2.45) is 5.92 Å². The van der Waals surface area contributed by atoms with Crippen LogP contribution in [0.2, 0.25) is 0 Å². The summed E-state index contributed by atoms with van der Waals surface area (Å²) in [5, 5.41) is 9.94. The van der Waals surface area contributed by atoms with Crippen LogP contribution in [0.25, 0.3) is 10.2 Å². The summed E-state index contributed by atoms with van der Waals surface area (Å²) >= 11 is 2.64. The molecule has 2 heterocycles. The molecular weight excluding hydrogens is 447 g/mol. The summed E-state index contributed by atoms with van der Waals surface area (Å²) in [7, 11) is 0. The number of carbonyl (C=O) groups excluding carboxylic acids is 1. The van der Waals surface area contributed by atoms with Gasteiger partial charge in [0.2, 0.25) is 5.91 Å². The van der Waals surface area contributed by atoms with Gasteiger partial charge in [-0.1, -0.05) is 32.0 Å². The molecule has 2 aromatic heterocycles. The highest BCUT2D eigenvalue weighted by atomic mass is 32.2. The number of hydrogen-bond acceptors (Lipinski definition) is 6. The van der Waals surface area contributed by atoms with Crippen LogP contribution < -0.4 is 10.5 Å². The maximum atomic E-state index is 13.3. The van der Waals surface area contributed by atoms with Gasteiger partial charge in [0.25, 0.3) is 5.56 Å². The molecule has 0 radical (unpaired) electrons. The Balaban J connectivity index is 1.79. The highest BCUT2D eigenvalue weighted by molar-refractivity contribution is 7.99. The van der Waals surface area contributed by atoms with Gasteiger partial charge < -0.3 is 9.88 Å². The fourth-order valence-electron chi connectivity index (χ4n) is 3.35. The summed E-state index contributed by atoms with van der Waals surface area (Å²) < 4.78 is 13.3. The Morgan fingerprint density at radius 3 is 2.75 bits per heavy atom. The second-order valence-corrected chi connectivity index (χ2v) is 9.79. The van der Waals surface area contributed by atoms with E-state index >= 15 is 0 Å². The van der Waals surface area contributed by atoms with Crippen molar-refractivity contribution in [3.8, 4) is 6.07 Å².